The predicted octanol–water partition coefficient (Wildman–Crippen LogP) is 4.71. The zero-order valence-corrected chi connectivity index (χ0v) is 26.3. The summed E-state index contributed by atoms with van der Waals surface area (Å²) in [4.78, 5) is 38.6. The molecule has 0 aliphatic carbocycles. The molecule has 218 valence electrons. The summed E-state index contributed by atoms with van der Waals surface area (Å²) in [7, 11) is 1.37. The molecule has 0 heterocycles. The molecule has 0 aromatic rings. The molecule has 0 rings (SSSR count). The van der Waals surface area contributed by atoms with E-state index in [4.69, 9.17) is 25.7 Å². The maximum absolute atomic E-state index is 13.7. The summed E-state index contributed by atoms with van der Waals surface area (Å²) in [6, 6.07) is 0. The third-order valence-electron chi connectivity index (χ3n) is 8.62. The first-order chi connectivity index (χ1) is 16.6. The summed E-state index contributed by atoms with van der Waals surface area (Å²) in [5.41, 5.74) is 8.18. The average molecular weight is 547 g/mol. The zero-order chi connectivity index (χ0) is 29.5. The van der Waals surface area contributed by atoms with Gasteiger partial charge in [0.25, 0.3) is 0 Å². The lowest BCUT2D eigenvalue weighted by atomic mass is 9.48. The first-order valence-corrected chi connectivity index (χ1v) is 14.1. The van der Waals surface area contributed by atoms with E-state index in [0.29, 0.717) is 18.6 Å². The molecule has 37 heavy (non-hydrogen) atoms. The van der Waals surface area contributed by atoms with Crippen molar-refractivity contribution in [1.82, 2.24) is 0 Å². The van der Waals surface area contributed by atoms with Crippen molar-refractivity contribution in [2.24, 2.45) is 33.1 Å². The van der Waals surface area contributed by atoms with Crippen molar-refractivity contribution in [2.45, 2.75) is 106 Å². The van der Waals surface area contributed by atoms with Crippen LogP contribution < -0.4 is 11.5 Å². The van der Waals surface area contributed by atoms with E-state index in [9.17, 15) is 14.4 Å². The molecule has 4 N–H and O–H groups in total. The maximum Gasteiger partial charge on any atom is 0.313 e. The molecule has 0 fully saturated rings. The highest BCUT2D eigenvalue weighted by Gasteiger charge is 2.60. The van der Waals surface area contributed by atoms with E-state index < -0.39 is 27.2 Å². The fourth-order valence-corrected chi connectivity index (χ4v) is 6.19. The van der Waals surface area contributed by atoms with Gasteiger partial charge in [0.15, 0.2) is 0 Å². The molecular formula is C28H54N2O6S. The van der Waals surface area contributed by atoms with Crippen LogP contribution in [0.3, 0.4) is 0 Å². The van der Waals surface area contributed by atoms with Gasteiger partial charge in [0.1, 0.15) is 6.61 Å². The highest BCUT2D eigenvalue weighted by atomic mass is 32.2. The average Bonchev–Trinajstić information content (AvgIpc) is 2.75. The molecule has 8 nitrogen and oxygen atoms in total. The van der Waals surface area contributed by atoms with Crippen molar-refractivity contribution in [3.05, 3.63) is 0 Å². The third-order valence-corrected chi connectivity index (χ3v) is 9.96. The Labute approximate surface area is 229 Å². The summed E-state index contributed by atoms with van der Waals surface area (Å²) in [6.07, 6.45) is 1.16. The van der Waals surface area contributed by atoms with Crippen LogP contribution in [0.25, 0.3) is 0 Å². The molecule has 0 saturated heterocycles. The van der Waals surface area contributed by atoms with E-state index in [-0.39, 0.29) is 48.8 Å². The number of thioether (sulfide) groups is 1. The van der Waals surface area contributed by atoms with Crippen LogP contribution in [0.15, 0.2) is 0 Å². The second kappa shape index (κ2) is 13.2. The Hall–Kier alpha value is -1.32. The van der Waals surface area contributed by atoms with Crippen molar-refractivity contribution in [3.8, 4) is 0 Å². The van der Waals surface area contributed by atoms with Crippen molar-refractivity contribution in [3.63, 3.8) is 0 Å². The normalized spacial score (nSPS) is 16.4. The van der Waals surface area contributed by atoms with Crippen molar-refractivity contribution < 1.29 is 28.6 Å². The monoisotopic (exact) mass is 546 g/mol. The van der Waals surface area contributed by atoms with E-state index >= 15 is 0 Å². The molecule has 0 aliphatic heterocycles. The Morgan fingerprint density at radius 2 is 1.32 bits per heavy atom. The number of hydrogen-bond acceptors (Lipinski definition) is 9. The lowest BCUT2D eigenvalue weighted by Gasteiger charge is -2.56. The van der Waals surface area contributed by atoms with E-state index in [1.54, 1.807) is 18.7 Å². The zero-order valence-electron chi connectivity index (χ0n) is 25.5. The minimum Gasteiger partial charge on any atom is -0.469 e. The maximum atomic E-state index is 13.7. The molecule has 0 saturated carbocycles. The van der Waals surface area contributed by atoms with Crippen LogP contribution in [-0.4, -0.2) is 60.8 Å². The number of esters is 3. The third kappa shape index (κ3) is 8.59. The summed E-state index contributed by atoms with van der Waals surface area (Å²) in [5.74, 6) is -0.378. The minimum atomic E-state index is -1.00. The standard InChI is InChI=1S/C28H54N2O6S/c1-13-35-22(33)28(11,26(8,9)30)18-23(2,3)25(6,7)27(10,21(32)36-16-15-29)19-24(4,5)37-17-14-20(31)34-12/h13-19,29-30H2,1-12H3. The molecule has 0 radical (unpaired) electrons. The topological polar surface area (TPSA) is 131 Å². The molecule has 2 atom stereocenters. The minimum absolute atomic E-state index is 0.122. The number of methoxy groups -OCH3 is 1. The highest BCUT2D eigenvalue weighted by molar-refractivity contribution is 8.00. The largest absolute Gasteiger partial charge is 0.469 e. The molecule has 0 aliphatic rings. The van der Waals surface area contributed by atoms with Gasteiger partial charge in [0.2, 0.25) is 0 Å². The fourth-order valence-electron chi connectivity index (χ4n) is 4.98. The summed E-state index contributed by atoms with van der Waals surface area (Å²) < 4.78 is 15.5. The summed E-state index contributed by atoms with van der Waals surface area (Å²) >= 11 is 1.62. The van der Waals surface area contributed by atoms with Crippen LogP contribution in [0.5, 0.6) is 0 Å². The lowest BCUT2D eigenvalue weighted by Crippen LogP contribution is -2.60. The Morgan fingerprint density at radius 3 is 1.76 bits per heavy atom. The van der Waals surface area contributed by atoms with Gasteiger partial charge in [0, 0.05) is 22.6 Å². The SMILES string of the molecule is CCOC(=O)C(C)(CC(C)(C)C(C)(C)C(C)(CC(C)(C)SCCC(=O)OC)C(=O)OCCN)C(C)(C)N. The van der Waals surface area contributed by atoms with Gasteiger partial charge in [-0.2, -0.15) is 11.8 Å². The predicted molar refractivity (Wildman–Crippen MR) is 151 cm³/mol. The van der Waals surface area contributed by atoms with Crippen LogP contribution in [0.1, 0.15) is 95.4 Å². The molecule has 0 aromatic heterocycles. The van der Waals surface area contributed by atoms with Crippen LogP contribution >= 0.6 is 11.8 Å². The Bertz CT molecular complexity index is 790. The van der Waals surface area contributed by atoms with Gasteiger partial charge in [0.05, 0.1) is 31.0 Å². The van der Waals surface area contributed by atoms with E-state index in [2.05, 4.69) is 41.5 Å². The summed E-state index contributed by atoms with van der Waals surface area (Å²) in [6.45, 7) is 22.2. The number of nitrogens with two attached hydrogens (primary N) is 2. The second-order valence-electron chi connectivity index (χ2n) is 12.8. The van der Waals surface area contributed by atoms with Crippen LogP contribution in [0.2, 0.25) is 0 Å². The molecule has 0 aromatic carbocycles. The van der Waals surface area contributed by atoms with E-state index in [0.717, 1.165) is 0 Å². The van der Waals surface area contributed by atoms with Gasteiger partial charge < -0.3 is 25.7 Å². The number of ether oxygens (including phenoxy) is 3. The first-order valence-electron chi connectivity index (χ1n) is 13.1. The first kappa shape index (κ1) is 35.7. The second-order valence-corrected chi connectivity index (χ2v) is 14.6. The van der Waals surface area contributed by atoms with Gasteiger partial charge in [-0.15, -0.1) is 0 Å². The van der Waals surface area contributed by atoms with Crippen molar-refractivity contribution >= 4 is 29.7 Å². The molecule has 0 amide bonds. The van der Waals surface area contributed by atoms with Crippen molar-refractivity contribution in [1.29, 1.82) is 0 Å². The Kier molecular flexibility index (Phi) is 12.7. The van der Waals surface area contributed by atoms with Gasteiger partial charge in [-0.25, -0.2) is 0 Å². The van der Waals surface area contributed by atoms with E-state index in [1.807, 2.05) is 27.7 Å². The van der Waals surface area contributed by atoms with Gasteiger partial charge in [-0.3, -0.25) is 14.4 Å². The number of carbonyl (C=O) groups is 3. The smallest absolute Gasteiger partial charge is 0.313 e. The van der Waals surface area contributed by atoms with Crippen LogP contribution in [-0.2, 0) is 28.6 Å². The van der Waals surface area contributed by atoms with Crippen LogP contribution in [0.4, 0.5) is 0 Å². The highest BCUT2D eigenvalue weighted by Crippen LogP contribution is 2.60. The fraction of sp³-hybridized carbons (Fsp3) is 0.893. The van der Waals surface area contributed by atoms with Crippen molar-refractivity contribution in [2.75, 3.05) is 32.6 Å². The Balaban J connectivity index is 6.51. The molecule has 2 unspecified atom stereocenters. The molecular weight excluding hydrogens is 492 g/mol. The molecule has 9 heteroatoms. The lowest BCUT2D eigenvalue weighted by molar-refractivity contribution is -0.177. The molecule has 0 spiro atoms. The van der Waals surface area contributed by atoms with Gasteiger partial charge >= 0.3 is 17.9 Å². The quantitative estimate of drug-likeness (QED) is 0.209. The van der Waals surface area contributed by atoms with E-state index in [1.165, 1.54) is 7.11 Å². The van der Waals surface area contributed by atoms with Crippen LogP contribution in [0, 0.1) is 21.7 Å². The number of carbonyl (C=O) groups excluding carboxylic acids is 3. The van der Waals surface area contributed by atoms with Gasteiger partial charge in [-0.1, -0.05) is 41.5 Å². The summed E-state index contributed by atoms with van der Waals surface area (Å²) in [5, 5.41) is 0. The molecule has 0 bridgehead atoms. The Morgan fingerprint density at radius 1 is 0.811 bits per heavy atom. The van der Waals surface area contributed by atoms with Gasteiger partial charge in [-0.05, 0) is 58.3 Å². The number of hydrogen-bond donors (Lipinski definition) is 2. The number of rotatable bonds is 16.